The predicted octanol–water partition coefficient (Wildman–Crippen LogP) is 3.95. The molecule has 0 bridgehead atoms. The molecule has 0 fully saturated rings. The smallest absolute Gasteiger partial charge is 0.394 e. The van der Waals surface area contributed by atoms with E-state index in [1.165, 1.54) is 24.4 Å². The summed E-state index contributed by atoms with van der Waals surface area (Å²) in [6.07, 6.45) is -2.97. The van der Waals surface area contributed by atoms with Gasteiger partial charge in [0.05, 0.1) is 18.2 Å². The molecular weight excluding hydrogens is 423 g/mol. The van der Waals surface area contributed by atoms with Crippen LogP contribution >= 0.6 is 0 Å². The Kier molecular flexibility index (Phi) is 5.78. The number of aliphatic hydroxyl groups is 1. The van der Waals surface area contributed by atoms with Crippen LogP contribution in [0.1, 0.15) is 27.7 Å². The van der Waals surface area contributed by atoms with Gasteiger partial charge in [0, 0.05) is 17.3 Å². The van der Waals surface area contributed by atoms with Crippen LogP contribution in [0.15, 0.2) is 66.9 Å². The number of hydrogen-bond donors (Lipinski definition) is 4. The van der Waals surface area contributed by atoms with E-state index in [4.69, 9.17) is 0 Å². The highest BCUT2D eigenvalue weighted by atomic mass is 19.4. The van der Waals surface area contributed by atoms with Gasteiger partial charge in [-0.2, -0.15) is 28.6 Å². The van der Waals surface area contributed by atoms with E-state index >= 15 is 0 Å². The number of aromatic nitrogens is 4. The van der Waals surface area contributed by atoms with Crippen molar-refractivity contribution < 1.29 is 23.1 Å². The summed E-state index contributed by atoms with van der Waals surface area (Å²) in [5, 5.41) is 22.8. The Morgan fingerprint density at radius 3 is 2.41 bits per heavy atom. The number of aliphatic hydroxyl groups excluding tert-OH is 1. The molecule has 0 saturated heterocycles. The van der Waals surface area contributed by atoms with Crippen LogP contribution in [0.2, 0.25) is 0 Å². The van der Waals surface area contributed by atoms with Crippen molar-refractivity contribution in [2.45, 2.75) is 12.2 Å². The predicted molar refractivity (Wildman–Crippen MR) is 110 cm³/mol. The summed E-state index contributed by atoms with van der Waals surface area (Å²) < 4.78 is 39.2. The normalized spacial score (nSPS) is 12.5. The summed E-state index contributed by atoms with van der Waals surface area (Å²) in [5.41, 5.74) is 1.37. The highest BCUT2D eigenvalue weighted by Gasteiger charge is 2.31. The molecule has 1 unspecified atom stereocenters. The Labute approximate surface area is 180 Å². The number of aromatic amines is 2. The van der Waals surface area contributed by atoms with Crippen LogP contribution in [0.4, 0.5) is 13.2 Å². The Morgan fingerprint density at radius 1 is 1.00 bits per heavy atom. The van der Waals surface area contributed by atoms with Crippen LogP contribution in [-0.2, 0) is 6.18 Å². The maximum absolute atomic E-state index is 13.1. The van der Waals surface area contributed by atoms with Crippen molar-refractivity contribution in [1.29, 1.82) is 0 Å². The minimum absolute atomic E-state index is 0.201. The molecule has 4 rings (SSSR count). The number of amides is 1. The first-order valence-electron chi connectivity index (χ1n) is 9.60. The molecule has 7 nitrogen and oxygen atoms in total. The number of nitrogens with zero attached hydrogens (tertiary/aromatic N) is 2. The number of nitrogens with one attached hydrogen (secondary N) is 3. The Balaban J connectivity index is 1.58. The monoisotopic (exact) mass is 441 g/mol. The molecule has 164 valence electrons. The summed E-state index contributed by atoms with van der Waals surface area (Å²) in [5.74, 6) is -0.455. The molecule has 4 N–H and O–H groups in total. The SMILES string of the molecule is O=C(NC(CO)c1ccccc1)c1cc(-c2n[nH]nc2-c2cccc(C(F)(F)F)c2)c[nH]1. The fraction of sp³-hybridized carbons (Fsp3) is 0.136. The average Bonchev–Trinajstić information content (AvgIpc) is 3.47. The van der Waals surface area contributed by atoms with Crippen molar-refractivity contribution >= 4 is 5.91 Å². The molecule has 0 radical (unpaired) electrons. The molecule has 10 heteroatoms. The van der Waals surface area contributed by atoms with Crippen molar-refractivity contribution in [3.05, 3.63) is 83.7 Å². The average molecular weight is 441 g/mol. The van der Waals surface area contributed by atoms with Crippen LogP contribution in [-0.4, -0.2) is 38.0 Å². The second-order valence-electron chi connectivity index (χ2n) is 7.02. The zero-order valence-corrected chi connectivity index (χ0v) is 16.5. The third-order valence-corrected chi connectivity index (χ3v) is 4.90. The van der Waals surface area contributed by atoms with E-state index in [1.807, 2.05) is 6.07 Å². The second kappa shape index (κ2) is 8.67. The molecule has 0 saturated carbocycles. The van der Waals surface area contributed by atoms with Crippen LogP contribution in [0.3, 0.4) is 0 Å². The van der Waals surface area contributed by atoms with Gasteiger partial charge >= 0.3 is 6.18 Å². The van der Waals surface area contributed by atoms with Gasteiger partial charge < -0.3 is 15.4 Å². The van der Waals surface area contributed by atoms with Crippen LogP contribution < -0.4 is 5.32 Å². The zero-order valence-electron chi connectivity index (χ0n) is 16.5. The van der Waals surface area contributed by atoms with Gasteiger partial charge in [-0.25, -0.2) is 0 Å². The maximum Gasteiger partial charge on any atom is 0.416 e. The second-order valence-corrected chi connectivity index (χ2v) is 7.02. The van der Waals surface area contributed by atoms with E-state index in [2.05, 4.69) is 25.7 Å². The third-order valence-electron chi connectivity index (χ3n) is 4.90. The molecule has 2 heterocycles. The Bertz CT molecular complexity index is 1220. The largest absolute Gasteiger partial charge is 0.416 e. The number of benzene rings is 2. The van der Waals surface area contributed by atoms with Gasteiger partial charge in [0.2, 0.25) is 0 Å². The number of alkyl halides is 3. The van der Waals surface area contributed by atoms with Crippen molar-refractivity contribution in [2.75, 3.05) is 6.61 Å². The number of rotatable bonds is 6. The van der Waals surface area contributed by atoms with Crippen molar-refractivity contribution in [3.63, 3.8) is 0 Å². The highest BCUT2D eigenvalue weighted by Crippen LogP contribution is 2.34. The van der Waals surface area contributed by atoms with Crippen molar-refractivity contribution in [1.82, 2.24) is 25.7 Å². The zero-order chi connectivity index (χ0) is 22.7. The van der Waals surface area contributed by atoms with Gasteiger partial charge in [-0.1, -0.05) is 42.5 Å². The molecule has 2 aromatic carbocycles. The number of halogens is 3. The maximum atomic E-state index is 13.1. The Hall–Kier alpha value is -3.92. The van der Waals surface area contributed by atoms with E-state index in [0.717, 1.165) is 17.7 Å². The van der Waals surface area contributed by atoms with Gasteiger partial charge in [0.15, 0.2) is 0 Å². The number of carbonyl (C=O) groups is 1. The first-order valence-corrected chi connectivity index (χ1v) is 9.60. The van der Waals surface area contributed by atoms with Gasteiger partial charge in [0.1, 0.15) is 17.1 Å². The van der Waals surface area contributed by atoms with Gasteiger partial charge in [-0.15, -0.1) is 0 Å². The number of carbonyl (C=O) groups excluding carboxylic acids is 1. The van der Waals surface area contributed by atoms with E-state index in [0.29, 0.717) is 11.3 Å². The quantitative estimate of drug-likeness (QED) is 0.364. The lowest BCUT2D eigenvalue weighted by atomic mass is 10.0. The topological polar surface area (TPSA) is 107 Å². The lowest BCUT2D eigenvalue weighted by molar-refractivity contribution is -0.137. The summed E-state index contributed by atoms with van der Waals surface area (Å²) in [7, 11) is 0. The van der Waals surface area contributed by atoms with Gasteiger partial charge in [-0.3, -0.25) is 4.79 Å². The van der Waals surface area contributed by atoms with E-state index < -0.39 is 23.7 Å². The molecule has 0 aliphatic heterocycles. The summed E-state index contributed by atoms with van der Waals surface area (Å²) >= 11 is 0. The third kappa shape index (κ3) is 4.40. The fourth-order valence-corrected chi connectivity index (χ4v) is 3.29. The first-order chi connectivity index (χ1) is 15.4. The molecule has 4 aromatic rings. The fourth-order valence-electron chi connectivity index (χ4n) is 3.29. The van der Waals surface area contributed by atoms with Crippen molar-refractivity contribution in [2.24, 2.45) is 0 Å². The van der Waals surface area contributed by atoms with Crippen molar-refractivity contribution in [3.8, 4) is 22.5 Å². The van der Waals surface area contributed by atoms with Crippen LogP contribution in [0.25, 0.3) is 22.5 Å². The highest BCUT2D eigenvalue weighted by molar-refractivity contribution is 5.94. The van der Waals surface area contributed by atoms with Crippen LogP contribution in [0.5, 0.6) is 0 Å². The standard InChI is InChI=1S/C22H18F3N5O2/c23-22(24,25)16-8-4-7-14(9-16)19-20(29-30-28-19)15-10-17(26-11-15)21(32)27-18(12-31)13-5-2-1-3-6-13/h1-11,18,26,31H,12H2,(H,27,32)(H,28,29,30). The minimum atomic E-state index is -4.48. The molecule has 0 spiro atoms. The number of H-pyrrole nitrogens is 2. The first kappa shape index (κ1) is 21.3. The van der Waals surface area contributed by atoms with E-state index in [-0.39, 0.29) is 23.6 Å². The Morgan fingerprint density at radius 2 is 1.72 bits per heavy atom. The molecule has 1 amide bonds. The summed E-state index contributed by atoms with van der Waals surface area (Å²) in [6.45, 7) is -0.285. The molecule has 0 aliphatic rings. The summed E-state index contributed by atoms with van der Waals surface area (Å²) in [4.78, 5) is 15.5. The lowest BCUT2D eigenvalue weighted by Crippen LogP contribution is -2.30. The van der Waals surface area contributed by atoms with Crippen LogP contribution in [0, 0.1) is 0 Å². The van der Waals surface area contributed by atoms with Gasteiger partial charge in [-0.05, 0) is 23.8 Å². The summed E-state index contributed by atoms with van der Waals surface area (Å²) in [6, 6.07) is 14.7. The molecular formula is C22H18F3N5O2. The lowest BCUT2D eigenvalue weighted by Gasteiger charge is -2.16. The number of hydrogen-bond acceptors (Lipinski definition) is 4. The molecule has 32 heavy (non-hydrogen) atoms. The minimum Gasteiger partial charge on any atom is -0.394 e. The molecule has 2 aromatic heterocycles. The van der Waals surface area contributed by atoms with Gasteiger partial charge in [0.25, 0.3) is 5.91 Å². The molecule has 0 aliphatic carbocycles. The van der Waals surface area contributed by atoms with E-state index in [9.17, 15) is 23.1 Å². The van der Waals surface area contributed by atoms with E-state index in [1.54, 1.807) is 24.3 Å². The molecule has 1 atom stereocenters.